The lowest BCUT2D eigenvalue weighted by atomic mass is 10.2. The number of carbonyl (C=O) groups is 2. The minimum Gasteiger partial charge on any atom is -0.463 e. The summed E-state index contributed by atoms with van der Waals surface area (Å²) in [6.07, 6.45) is 1.88. The van der Waals surface area contributed by atoms with Crippen molar-refractivity contribution in [3.63, 3.8) is 0 Å². The van der Waals surface area contributed by atoms with E-state index in [-0.39, 0.29) is 17.9 Å². The van der Waals surface area contributed by atoms with Crippen molar-refractivity contribution in [1.29, 1.82) is 0 Å². The van der Waals surface area contributed by atoms with Crippen LogP contribution >= 0.6 is 8.58 Å². The van der Waals surface area contributed by atoms with E-state index in [1.807, 2.05) is 44.2 Å². The first-order valence-electron chi connectivity index (χ1n) is 6.58. The van der Waals surface area contributed by atoms with Gasteiger partial charge in [0.1, 0.15) is 5.78 Å². The molecule has 0 aromatic heterocycles. The van der Waals surface area contributed by atoms with Gasteiger partial charge in [-0.05, 0) is 25.6 Å². The molecule has 0 amide bonds. The van der Waals surface area contributed by atoms with Crippen LogP contribution in [0.2, 0.25) is 0 Å². The number of rotatable bonds is 8. The van der Waals surface area contributed by atoms with E-state index >= 15 is 0 Å². The third-order valence-corrected chi connectivity index (χ3v) is 3.78. The van der Waals surface area contributed by atoms with Crippen molar-refractivity contribution in [2.45, 2.75) is 39.2 Å². The van der Waals surface area contributed by atoms with E-state index in [4.69, 9.17) is 4.74 Å². The molecule has 0 spiro atoms. The number of hydrogen-bond donors (Lipinski definition) is 0. The molecule has 0 fully saturated rings. The van der Waals surface area contributed by atoms with Crippen LogP contribution in [0.15, 0.2) is 30.3 Å². The Morgan fingerprint density at radius 1 is 1.16 bits per heavy atom. The topological polar surface area (TPSA) is 43.4 Å². The van der Waals surface area contributed by atoms with Crippen LogP contribution in [0.5, 0.6) is 0 Å². The predicted octanol–water partition coefficient (Wildman–Crippen LogP) is 2.68. The molecule has 0 N–H and O–H groups in total. The summed E-state index contributed by atoms with van der Waals surface area (Å²) in [5.74, 6) is 0.00726. The van der Waals surface area contributed by atoms with E-state index in [9.17, 15) is 9.59 Å². The number of esters is 1. The van der Waals surface area contributed by atoms with Gasteiger partial charge in [0, 0.05) is 19.0 Å². The molecule has 0 saturated carbocycles. The Hall–Kier alpha value is -1.21. The summed E-state index contributed by atoms with van der Waals surface area (Å²) < 4.78 is 5.01. The normalized spacial score (nSPS) is 11.1. The number of benzene rings is 1. The summed E-state index contributed by atoms with van der Waals surface area (Å²) >= 11 is 0. The fourth-order valence-electron chi connectivity index (χ4n) is 1.60. The maximum Gasteiger partial charge on any atom is 0.306 e. The van der Waals surface area contributed by atoms with Gasteiger partial charge in [-0.2, -0.15) is 0 Å². The fraction of sp³-hybridized carbons (Fsp3) is 0.467. The standard InChI is InChI=1S/C15H21O3P/c1-12(2)18-15(17)10-6-7-13(16)11-19-14-8-4-3-5-9-14/h3-5,8-9,12,19H,6-7,10-11H2,1-2H3. The molecule has 4 heteroatoms. The van der Waals surface area contributed by atoms with Gasteiger partial charge in [-0.15, -0.1) is 0 Å². The van der Waals surface area contributed by atoms with Gasteiger partial charge in [0.05, 0.1) is 6.10 Å². The van der Waals surface area contributed by atoms with Crippen molar-refractivity contribution in [3.05, 3.63) is 30.3 Å². The summed E-state index contributed by atoms with van der Waals surface area (Å²) in [5, 5.41) is 1.20. The largest absolute Gasteiger partial charge is 0.463 e. The van der Waals surface area contributed by atoms with Gasteiger partial charge in [-0.3, -0.25) is 9.59 Å². The number of ketones is 1. The van der Waals surface area contributed by atoms with Gasteiger partial charge in [-0.25, -0.2) is 0 Å². The van der Waals surface area contributed by atoms with Gasteiger partial charge >= 0.3 is 5.97 Å². The molecule has 1 rings (SSSR count). The SMILES string of the molecule is CC(C)OC(=O)CCCC(=O)CPc1ccccc1. The molecule has 0 aliphatic heterocycles. The Morgan fingerprint density at radius 3 is 2.47 bits per heavy atom. The van der Waals surface area contributed by atoms with Gasteiger partial charge in [0.25, 0.3) is 0 Å². The first-order chi connectivity index (χ1) is 9.08. The van der Waals surface area contributed by atoms with Crippen LogP contribution in [-0.2, 0) is 14.3 Å². The van der Waals surface area contributed by atoms with Crippen molar-refractivity contribution < 1.29 is 14.3 Å². The molecule has 1 aromatic carbocycles. The fourth-order valence-corrected chi connectivity index (χ4v) is 2.60. The molecule has 1 unspecified atom stereocenters. The van der Waals surface area contributed by atoms with Gasteiger partial charge < -0.3 is 4.74 Å². The summed E-state index contributed by atoms with van der Waals surface area (Å²) in [6.45, 7) is 3.65. The lowest BCUT2D eigenvalue weighted by Gasteiger charge is -2.07. The molecule has 1 atom stereocenters. The van der Waals surface area contributed by atoms with Gasteiger partial charge in [0.15, 0.2) is 0 Å². The van der Waals surface area contributed by atoms with Crippen LogP contribution in [0.3, 0.4) is 0 Å². The molecule has 0 saturated heterocycles. The predicted molar refractivity (Wildman–Crippen MR) is 79.3 cm³/mol. The highest BCUT2D eigenvalue weighted by atomic mass is 31.1. The lowest BCUT2D eigenvalue weighted by Crippen LogP contribution is -2.12. The molecule has 0 radical (unpaired) electrons. The third kappa shape index (κ3) is 7.74. The zero-order valence-electron chi connectivity index (χ0n) is 11.5. The van der Waals surface area contributed by atoms with Crippen molar-refractivity contribution in [2.75, 3.05) is 6.16 Å². The highest BCUT2D eigenvalue weighted by molar-refractivity contribution is 7.48. The monoisotopic (exact) mass is 280 g/mol. The summed E-state index contributed by atoms with van der Waals surface area (Å²) in [6, 6.07) is 10.00. The highest BCUT2D eigenvalue weighted by Crippen LogP contribution is 2.12. The molecule has 0 heterocycles. The molecular formula is C15H21O3P. The van der Waals surface area contributed by atoms with Gasteiger partial charge in [-0.1, -0.05) is 38.9 Å². The quantitative estimate of drug-likeness (QED) is 0.543. The maximum atomic E-state index is 11.7. The second-order valence-corrected chi connectivity index (χ2v) is 5.93. The van der Waals surface area contributed by atoms with Crippen LogP contribution in [0, 0.1) is 0 Å². The highest BCUT2D eigenvalue weighted by Gasteiger charge is 2.08. The zero-order valence-corrected chi connectivity index (χ0v) is 12.5. The number of ether oxygens (including phenoxy) is 1. The molecule has 0 aliphatic carbocycles. The third-order valence-electron chi connectivity index (χ3n) is 2.47. The van der Waals surface area contributed by atoms with E-state index in [0.717, 1.165) is 0 Å². The van der Waals surface area contributed by atoms with E-state index < -0.39 is 0 Å². The Morgan fingerprint density at radius 2 is 1.84 bits per heavy atom. The number of Topliss-reactive ketones (excluding diaryl/α,β-unsaturated/α-hetero) is 1. The van der Waals surface area contributed by atoms with Crippen molar-refractivity contribution in [2.24, 2.45) is 0 Å². The minimum atomic E-state index is -0.215. The summed E-state index contributed by atoms with van der Waals surface area (Å²) in [4.78, 5) is 23.0. The lowest BCUT2D eigenvalue weighted by molar-refractivity contribution is -0.147. The molecule has 0 bridgehead atoms. The van der Waals surface area contributed by atoms with Crippen molar-refractivity contribution in [1.82, 2.24) is 0 Å². The summed E-state index contributed by atoms with van der Waals surface area (Å²) in [7, 11) is 0.521. The number of hydrogen-bond acceptors (Lipinski definition) is 3. The van der Waals surface area contributed by atoms with E-state index in [0.29, 0.717) is 34.0 Å². The molecule has 19 heavy (non-hydrogen) atoms. The minimum absolute atomic E-state index is 0.0808. The average Bonchev–Trinajstić information content (AvgIpc) is 2.36. The van der Waals surface area contributed by atoms with Crippen LogP contribution < -0.4 is 5.30 Å². The Balaban J connectivity index is 2.13. The van der Waals surface area contributed by atoms with Crippen LogP contribution in [0.4, 0.5) is 0 Å². The second kappa shape index (κ2) is 8.82. The first kappa shape index (κ1) is 15.8. The van der Waals surface area contributed by atoms with E-state index in [1.165, 1.54) is 5.30 Å². The first-order valence-corrected chi connectivity index (χ1v) is 7.78. The maximum absolute atomic E-state index is 11.7. The van der Waals surface area contributed by atoms with Crippen LogP contribution in [0.1, 0.15) is 33.1 Å². The Bertz CT molecular complexity index is 401. The molecule has 0 aliphatic rings. The molecule has 104 valence electrons. The summed E-state index contributed by atoms with van der Waals surface area (Å²) in [5.41, 5.74) is 0. The number of carbonyl (C=O) groups excluding carboxylic acids is 2. The smallest absolute Gasteiger partial charge is 0.306 e. The van der Waals surface area contributed by atoms with Crippen molar-refractivity contribution in [3.8, 4) is 0 Å². The Kier molecular flexibility index (Phi) is 7.35. The average molecular weight is 280 g/mol. The second-order valence-electron chi connectivity index (χ2n) is 4.65. The van der Waals surface area contributed by atoms with Gasteiger partial charge in [0.2, 0.25) is 0 Å². The molecule has 3 nitrogen and oxygen atoms in total. The molecule has 1 aromatic rings. The Labute approximate surface area is 116 Å². The van der Waals surface area contributed by atoms with Crippen LogP contribution in [-0.4, -0.2) is 24.0 Å². The van der Waals surface area contributed by atoms with Crippen molar-refractivity contribution >= 4 is 25.6 Å². The zero-order chi connectivity index (χ0) is 14.1. The van der Waals surface area contributed by atoms with E-state index in [2.05, 4.69) is 0 Å². The molecular weight excluding hydrogens is 259 g/mol. The van der Waals surface area contributed by atoms with Crippen LogP contribution in [0.25, 0.3) is 0 Å². The van der Waals surface area contributed by atoms with E-state index in [1.54, 1.807) is 0 Å².